The Morgan fingerprint density at radius 3 is 2.64 bits per heavy atom. The zero-order valence-corrected chi connectivity index (χ0v) is 15.5. The molecule has 1 fully saturated rings. The Balaban J connectivity index is 1.75. The molecule has 0 saturated carbocycles. The Hall–Kier alpha value is -3.46. The van der Waals surface area contributed by atoms with Crippen LogP contribution in [0.4, 0.5) is 10.1 Å². The summed E-state index contributed by atoms with van der Waals surface area (Å²) in [7, 11) is 0. The van der Waals surface area contributed by atoms with Crippen LogP contribution < -0.4 is 15.6 Å². The largest absolute Gasteiger partial charge is 0.301 e. The van der Waals surface area contributed by atoms with Gasteiger partial charge in [0, 0.05) is 11.8 Å². The van der Waals surface area contributed by atoms with Crippen LogP contribution in [0.25, 0.3) is 0 Å². The predicted molar refractivity (Wildman–Crippen MR) is 105 cm³/mol. The number of rotatable bonds is 4. The fourth-order valence-corrected chi connectivity index (χ4v) is 2.82. The number of amides is 3. The Bertz CT molecular complexity index is 991. The number of nitrogens with one attached hydrogen (secondary N) is 2. The van der Waals surface area contributed by atoms with Crippen molar-refractivity contribution in [1.29, 1.82) is 0 Å². The molecule has 28 heavy (non-hydrogen) atoms. The number of benzene rings is 2. The second-order valence-corrected chi connectivity index (χ2v) is 6.40. The summed E-state index contributed by atoms with van der Waals surface area (Å²) in [6.45, 7) is 1.90. The third kappa shape index (κ3) is 4.09. The first-order valence-electron chi connectivity index (χ1n) is 8.21. The summed E-state index contributed by atoms with van der Waals surface area (Å²) in [6.07, 6.45) is 1.01. The van der Waals surface area contributed by atoms with Crippen molar-refractivity contribution in [3.05, 3.63) is 65.5 Å². The van der Waals surface area contributed by atoms with Crippen LogP contribution >= 0.6 is 12.2 Å². The number of halogens is 1. The van der Waals surface area contributed by atoms with E-state index in [9.17, 15) is 18.8 Å². The number of hydrogen-bond acceptors (Lipinski definition) is 5. The van der Waals surface area contributed by atoms with Crippen molar-refractivity contribution in [2.75, 3.05) is 4.90 Å². The maximum absolute atomic E-state index is 13.2. The Kier molecular flexibility index (Phi) is 5.55. The van der Waals surface area contributed by atoms with Gasteiger partial charge in [-0.2, -0.15) is 5.10 Å². The number of anilines is 1. The van der Waals surface area contributed by atoms with E-state index in [1.165, 1.54) is 23.1 Å². The molecule has 0 spiro atoms. The van der Waals surface area contributed by atoms with Gasteiger partial charge in [0.1, 0.15) is 5.82 Å². The fourth-order valence-electron chi connectivity index (χ4n) is 2.52. The highest BCUT2D eigenvalue weighted by Gasteiger charge is 2.38. The molecule has 1 aliphatic rings. The van der Waals surface area contributed by atoms with Gasteiger partial charge in [-0.25, -0.2) is 9.82 Å². The molecule has 1 atom stereocenters. The van der Waals surface area contributed by atoms with Gasteiger partial charge >= 0.3 is 0 Å². The molecule has 2 aromatic rings. The lowest BCUT2D eigenvalue weighted by atomic mass is 10.1. The van der Waals surface area contributed by atoms with Crippen LogP contribution in [0.15, 0.2) is 53.6 Å². The van der Waals surface area contributed by atoms with E-state index in [2.05, 4.69) is 15.8 Å². The maximum Gasteiger partial charge on any atom is 0.271 e. The first-order valence-corrected chi connectivity index (χ1v) is 8.62. The van der Waals surface area contributed by atoms with Crippen molar-refractivity contribution in [3.8, 4) is 0 Å². The van der Waals surface area contributed by atoms with Gasteiger partial charge in [-0.05, 0) is 49.5 Å². The standard InChI is InChI=1S/C19H15FN4O3S/c1-11-5-7-14(8-6-11)24-18(27)15(17(26)22-19(24)28)10-21-23-16(25)12-3-2-4-13(20)9-12/h2-10,15H,1H3,(H,23,25)(H,22,26,28)/b21-10+/t15-/m0/s1. The second-order valence-electron chi connectivity index (χ2n) is 6.01. The van der Waals surface area contributed by atoms with E-state index in [0.29, 0.717) is 5.69 Å². The van der Waals surface area contributed by atoms with Crippen LogP contribution in [0.2, 0.25) is 0 Å². The number of carbonyl (C=O) groups is 3. The maximum atomic E-state index is 13.2. The summed E-state index contributed by atoms with van der Waals surface area (Å²) in [5.41, 5.74) is 3.73. The monoisotopic (exact) mass is 398 g/mol. The molecule has 1 saturated heterocycles. The number of hydrogen-bond donors (Lipinski definition) is 2. The first kappa shape index (κ1) is 19.3. The van der Waals surface area contributed by atoms with Gasteiger partial charge in [-0.15, -0.1) is 0 Å². The quantitative estimate of drug-likeness (QED) is 0.356. The van der Waals surface area contributed by atoms with Crippen molar-refractivity contribution in [2.24, 2.45) is 11.0 Å². The number of thiocarbonyl (C=S) groups is 1. The molecule has 3 amide bonds. The molecule has 0 aromatic heterocycles. The van der Waals surface area contributed by atoms with Crippen LogP contribution in [0.1, 0.15) is 15.9 Å². The average molecular weight is 398 g/mol. The molecule has 2 N–H and O–H groups in total. The minimum Gasteiger partial charge on any atom is -0.301 e. The van der Waals surface area contributed by atoms with Crippen molar-refractivity contribution >= 4 is 47.0 Å². The summed E-state index contributed by atoms with van der Waals surface area (Å²) in [6, 6.07) is 12.1. The number of nitrogens with zero attached hydrogens (tertiary/aromatic N) is 2. The lowest BCUT2D eigenvalue weighted by molar-refractivity contribution is -0.130. The number of hydrazone groups is 1. The van der Waals surface area contributed by atoms with Crippen LogP contribution in [0.3, 0.4) is 0 Å². The second kappa shape index (κ2) is 8.05. The van der Waals surface area contributed by atoms with Crippen LogP contribution in [0.5, 0.6) is 0 Å². The first-order chi connectivity index (χ1) is 13.4. The van der Waals surface area contributed by atoms with Crippen molar-refractivity contribution in [3.63, 3.8) is 0 Å². The summed E-state index contributed by atoms with van der Waals surface area (Å²) >= 11 is 5.10. The number of carbonyl (C=O) groups excluding carboxylic acids is 3. The smallest absolute Gasteiger partial charge is 0.271 e. The highest BCUT2D eigenvalue weighted by atomic mass is 32.1. The van der Waals surface area contributed by atoms with Crippen molar-refractivity contribution in [2.45, 2.75) is 6.92 Å². The highest BCUT2D eigenvalue weighted by molar-refractivity contribution is 7.80. The molecule has 0 aliphatic carbocycles. The predicted octanol–water partition coefficient (Wildman–Crippen LogP) is 1.91. The summed E-state index contributed by atoms with van der Waals surface area (Å²) in [5.74, 6) is -3.77. The van der Waals surface area contributed by atoms with Crippen LogP contribution in [-0.2, 0) is 9.59 Å². The van der Waals surface area contributed by atoms with Gasteiger partial charge < -0.3 is 5.32 Å². The SMILES string of the molecule is Cc1ccc(N2C(=O)[C@@H](/C=N/NC(=O)c3cccc(F)c3)C(=O)NC2=S)cc1. The van der Waals surface area contributed by atoms with E-state index in [-0.39, 0.29) is 10.7 Å². The van der Waals surface area contributed by atoms with E-state index in [4.69, 9.17) is 12.2 Å². The van der Waals surface area contributed by atoms with Gasteiger partial charge in [0.25, 0.3) is 11.8 Å². The molecule has 9 heteroatoms. The molecule has 3 rings (SSSR count). The van der Waals surface area contributed by atoms with E-state index in [1.807, 2.05) is 19.1 Å². The zero-order chi connectivity index (χ0) is 20.3. The highest BCUT2D eigenvalue weighted by Crippen LogP contribution is 2.20. The van der Waals surface area contributed by atoms with Crippen molar-refractivity contribution in [1.82, 2.24) is 10.7 Å². The molecule has 2 aromatic carbocycles. The third-order valence-electron chi connectivity index (χ3n) is 3.97. The third-order valence-corrected chi connectivity index (χ3v) is 4.26. The molecule has 1 heterocycles. The van der Waals surface area contributed by atoms with E-state index < -0.39 is 29.5 Å². The summed E-state index contributed by atoms with van der Waals surface area (Å²) < 4.78 is 13.2. The minimum absolute atomic E-state index is 0.0349. The van der Waals surface area contributed by atoms with Crippen LogP contribution in [-0.4, -0.2) is 29.0 Å². The zero-order valence-electron chi connectivity index (χ0n) is 14.7. The van der Waals surface area contributed by atoms with E-state index in [1.54, 1.807) is 12.1 Å². The molecule has 142 valence electrons. The van der Waals surface area contributed by atoms with Gasteiger partial charge in [-0.3, -0.25) is 19.3 Å². The fraction of sp³-hybridized carbons (Fsp3) is 0.105. The molecular weight excluding hydrogens is 383 g/mol. The van der Waals surface area contributed by atoms with Gasteiger partial charge in [0.2, 0.25) is 5.91 Å². The van der Waals surface area contributed by atoms with Gasteiger partial charge in [0.15, 0.2) is 11.0 Å². The molecule has 1 aliphatic heterocycles. The van der Waals surface area contributed by atoms with Gasteiger partial charge in [-0.1, -0.05) is 23.8 Å². The lowest BCUT2D eigenvalue weighted by Crippen LogP contribution is -2.58. The summed E-state index contributed by atoms with van der Waals surface area (Å²) in [5, 5.41) is 6.08. The Labute approximate surface area is 165 Å². The number of aryl methyl sites for hydroxylation is 1. The topological polar surface area (TPSA) is 90.9 Å². The Morgan fingerprint density at radius 1 is 1.25 bits per heavy atom. The van der Waals surface area contributed by atoms with Crippen LogP contribution in [0, 0.1) is 18.7 Å². The van der Waals surface area contributed by atoms with E-state index >= 15 is 0 Å². The van der Waals surface area contributed by atoms with Crippen molar-refractivity contribution < 1.29 is 18.8 Å². The minimum atomic E-state index is -1.28. The lowest BCUT2D eigenvalue weighted by Gasteiger charge is -2.30. The van der Waals surface area contributed by atoms with E-state index in [0.717, 1.165) is 17.8 Å². The normalized spacial score (nSPS) is 17.0. The van der Waals surface area contributed by atoms with Gasteiger partial charge in [0.05, 0.1) is 5.69 Å². The molecule has 0 unspecified atom stereocenters. The Morgan fingerprint density at radius 2 is 1.96 bits per heavy atom. The molecular formula is C19H15FN4O3S. The molecule has 7 nitrogen and oxygen atoms in total. The molecule has 0 bridgehead atoms. The molecule has 0 radical (unpaired) electrons. The summed E-state index contributed by atoms with van der Waals surface area (Å²) in [4.78, 5) is 38.0. The average Bonchev–Trinajstić information content (AvgIpc) is 2.65.